The molecule has 0 unspecified atom stereocenters. The number of allylic oxidation sites excluding steroid dienone is 6. The summed E-state index contributed by atoms with van der Waals surface area (Å²) in [6, 6.07) is 0. The topological polar surface area (TPSA) is 34.9 Å². The molecule has 0 aliphatic heterocycles. The molecule has 0 radical (unpaired) electrons. The molecule has 3 nitrogen and oxygen atoms in total. The zero-order valence-electron chi connectivity index (χ0n) is 15.3. The monoisotopic (exact) mass is 372 g/mol. The highest BCUT2D eigenvalue weighted by Gasteiger charge is 2.22. The van der Waals surface area contributed by atoms with Gasteiger partial charge in [-0.25, -0.2) is 4.98 Å². The van der Waals surface area contributed by atoms with Crippen LogP contribution in [0.2, 0.25) is 0 Å². The number of hydrogen-bond donors (Lipinski definition) is 0. The van der Waals surface area contributed by atoms with E-state index >= 15 is 0 Å². The third kappa shape index (κ3) is 3.53. The van der Waals surface area contributed by atoms with Crippen molar-refractivity contribution in [2.24, 2.45) is 0 Å². The lowest BCUT2D eigenvalue weighted by molar-refractivity contribution is 0.699. The van der Waals surface area contributed by atoms with Crippen LogP contribution in [0.1, 0.15) is 44.1 Å². The van der Waals surface area contributed by atoms with E-state index in [1.165, 1.54) is 40.6 Å². The van der Waals surface area contributed by atoms with Gasteiger partial charge in [0, 0.05) is 10.6 Å². The van der Waals surface area contributed by atoms with E-state index in [0.717, 1.165) is 33.9 Å². The lowest BCUT2D eigenvalue weighted by atomic mass is 9.97. The van der Waals surface area contributed by atoms with Crippen molar-refractivity contribution in [3.63, 3.8) is 0 Å². The Labute approximate surface area is 157 Å². The maximum Gasteiger partial charge on any atom is 0.267 e. The Bertz CT molecular complexity index is 941. The van der Waals surface area contributed by atoms with Crippen LogP contribution in [0.25, 0.3) is 15.9 Å². The van der Waals surface area contributed by atoms with Crippen LogP contribution in [0.15, 0.2) is 39.8 Å². The smallest absolute Gasteiger partial charge is 0.267 e. The first-order chi connectivity index (χ1) is 12.1. The Morgan fingerprint density at radius 1 is 1.28 bits per heavy atom. The minimum absolute atomic E-state index is 0.0729. The molecule has 132 valence electrons. The summed E-state index contributed by atoms with van der Waals surface area (Å²) in [6.07, 6.45) is 14.5. The summed E-state index contributed by atoms with van der Waals surface area (Å²) in [7, 11) is 0. The zero-order valence-corrected chi connectivity index (χ0v) is 16.9. The van der Waals surface area contributed by atoms with E-state index in [1.54, 1.807) is 15.9 Å². The Hall–Kier alpha value is -1.59. The van der Waals surface area contributed by atoms with Crippen LogP contribution < -0.4 is 5.56 Å². The third-order valence-electron chi connectivity index (χ3n) is 4.39. The molecule has 0 bridgehead atoms. The molecule has 0 saturated heterocycles. The van der Waals surface area contributed by atoms with Gasteiger partial charge in [-0.2, -0.15) is 0 Å². The van der Waals surface area contributed by atoms with Gasteiger partial charge < -0.3 is 0 Å². The van der Waals surface area contributed by atoms with Gasteiger partial charge in [0.15, 0.2) is 5.16 Å². The molecule has 3 rings (SSSR count). The second-order valence-electron chi connectivity index (χ2n) is 6.45. The van der Waals surface area contributed by atoms with E-state index < -0.39 is 0 Å². The fourth-order valence-electron chi connectivity index (χ4n) is 3.19. The van der Waals surface area contributed by atoms with Crippen LogP contribution in [0.3, 0.4) is 0 Å². The molecule has 1 aliphatic rings. The SMILES string of the molecule is C/C=C(\C=C/C=C(C)C)n1c(SC)nc2sc3c(c2c1=O)CCCC3. The van der Waals surface area contributed by atoms with Crippen molar-refractivity contribution in [1.82, 2.24) is 9.55 Å². The molecule has 0 atom stereocenters. The van der Waals surface area contributed by atoms with Gasteiger partial charge in [0.2, 0.25) is 0 Å². The van der Waals surface area contributed by atoms with Gasteiger partial charge in [-0.05, 0) is 64.3 Å². The number of thioether (sulfide) groups is 1. The van der Waals surface area contributed by atoms with Gasteiger partial charge in [0.05, 0.1) is 5.39 Å². The Morgan fingerprint density at radius 3 is 2.72 bits per heavy atom. The van der Waals surface area contributed by atoms with E-state index in [1.807, 2.05) is 37.5 Å². The molecular weight excluding hydrogens is 348 g/mol. The van der Waals surface area contributed by atoms with Crippen LogP contribution in [0.4, 0.5) is 0 Å². The molecule has 2 aromatic heterocycles. The Balaban J connectivity index is 2.23. The lowest BCUT2D eigenvalue weighted by Gasteiger charge is -2.13. The normalized spacial score (nSPS) is 15.0. The summed E-state index contributed by atoms with van der Waals surface area (Å²) in [4.78, 5) is 20.5. The molecule has 0 fully saturated rings. The van der Waals surface area contributed by atoms with Gasteiger partial charge in [0.25, 0.3) is 5.56 Å². The van der Waals surface area contributed by atoms with E-state index in [2.05, 4.69) is 13.8 Å². The lowest BCUT2D eigenvalue weighted by Crippen LogP contribution is -2.22. The second-order valence-corrected chi connectivity index (χ2v) is 8.30. The van der Waals surface area contributed by atoms with Gasteiger partial charge in [0.1, 0.15) is 4.83 Å². The van der Waals surface area contributed by atoms with Gasteiger partial charge in [-0.1, -0.05) is 35.6 Å². The largest absolute Gasteiger partial charge is 0.268 e. The van der Waals surface area contributed by atoms with Crippen LogP contribution >= 0.6 is 23.1 Å². The van der Waals surface area contributed by atoms with Crippen molar-refractivity contribution in [3.05, 3.63) is 50.7 Å². The number of nitrogens with zero attached hydrogens (tertiary/aromatic N) is 2. The highest BCUT2D eigenvalue weighted by molar-refractivity contribution is 7.98. The molecule has 5 heteroatoms. The van der Waals surface area contributed by atoms with Crippen molar-refractivity contribution < 1.29 is 0 Å². The van der Waals surface area contributed by atoms with Crippen LogP contribution in [0, 0.1) is 0 Å². The average Bonchev–Trinajstić information content (AvgIpc) is 2.97. The Kier molecular flexibility index (Phi) is 5.64. The van der Waals surface area contributed by atoms with Crippen molar-refractivity contribution in [1.29, 1.82) is 0 Å². The van der Waals surface area contributed by atoms with Crippen LogP contribution in [-0.4, -0.2) is 15.8 Å². The van der Waals surface area contributed by atoms with Gasteiger partial charge in [-0.15, -0.1) is 11.3 Å². The number of hydrogen-bond acceptors (Lipinski definition) is 4. The molecule has 2 heterocycles. The fourth-order valence-corrected chi connectivity index (χ4v) is 5.05. The predicted octanol–water partition coefficient (Wildman–Crippen LogP) is 5.44. The average molecular weight is 373 g/mol. The summed E-state index contributed by atoms with van der Waals surface area (Å²) >= 11 is 3.23. The van der Waals surface area contributed by atoms with Gasteiger partial charge >= 0.3 is 0 Å². The van der Waals surface area contributed by atoms with Crippen LogP contribution in [-0.2, 0) is 12.8 Å². The Morgan fingerprint density at radius 2 is 2.04 bits per heavy atom. The second kappa shape index (κ2) is 7.75. The zero-order chi connectivity index (χ0) is 18.0. The summed E-state index contributed by atoms with van der Waals surface area (Å²) in [5.74, 6) is 0. The van der Waals surface area contributed by atoms with Crippen molar-refractivity contribution >= 4 is 39.0 Å². The molecule has 25 heavy (non-hydrogen) atoms. The highest BCUT2D eigenvalue weighted by atomic mass is 32.2. The number of rotatable bonds is 4. The number of aryl methyl sites for hydroxylation is 2. The molecule has 2 aromatic rings. The first-order valence-corrected chi connectivity index (χ1v) is 10.7. The summed E-state index contributed by atoms with van der Waals surface area (Å²) in [5.41, 5.74) is 3.42. The molecule has 0 N–H and O–H groups in total. The predicted molar refractivity (Wildman–Crippen MR) is 111 cm³/mol. The maximum atomic E-state index is 13.4. The fraction of sp³-hybridized carbons (Fsp3) is 0.400. The molecular formula is C20H24N2OS2. The number of aromatic nitrogens is 2. The summed E-state index contributed by atoms with van der Waals surface area (Å²) < 4.78 is 1.77. The summed E-state index contributed by atoms with van der Waals surface area (Å²) in [5, 5.41) is 1.60. The first-order valence-electron chi connectivity index (χ1n) is 8.66. The van der Waals surface area contributed by atoms with Crippen molar-refractivity contribution in [2.45, 2.75) is 51.6 Å². The molecule has 1 aliphatic carbocycles. The highest BCUT2D eigenvalue weighted by Crippen LogP contribution is 2.35. The third-order valence-corrected chi connectivity index (χ3v) is 6.22. The van der Waals surface area contributed by atoms with Gasteiger partial charge in [-0.3, -0.25) is 9.36 Å². The van der Waals surface area contributed by atoms with E-state index in [0.29, 0.717) is 0 Å². The minimum Gasteiger partial charge on any atom is -0.268 e. The van der Waals surface area contributed by atoms with E-state index in [-0.39, 0.29) is 5.56 Å². The minimum atomic E-state index is 0.0729. The standard InChI is InChI=1S/C20H24N2OS2/c1-5-14(10-8-9-13(2)3)22-19(23)17-15-11-6-7-12-16(15)25-18(17)21-20(22)24-4/h5,8-10H,6-7,11-12H2,1-4H3/b10-8-,14-5+. The molecule has 0 aromatic carbocycles. The van der Waals surface area contributed by atoms with Crippen molar-refractivity contribution in [2.75, 3.05) is 6.26 Å². The first kappa shape index (κ1) is 18.2. The van der Waals surface area contributed by atoms with E-state index in [4.69, 9.17) is 4.98 Å². The van der Waals surface area contributed by atoms with Crippen molar-refractivity contribution in [3.8, 4) is 0 Å². The number of fused-ring (bicyclic) bond motifs is 3. The van der Waals surface area contributed by atoms with E-state index in [9.17, 15) is 4.79 Å². The molecule has 0 amide bonds. The van der Waals surface area contributed by atoms with Crippen LogP contribution in [0.5, 0.6) is 0 Å². The molecule has 0 spiro atoms. The molecule has 0 saturated carbocycles. The maximum absolute atomic E-state index is 13.4. The number of thiophene rings is 1. The quantitative estimate of drug-likeness (QED) is 0.407. The summed E-state index contributed by atoms with van der Waals surface area (Å²) in [6.45, 7) is 6.08.